The van der Waals surface area contributed by atoms with Crippen LogP contribution in [-0.4, -0.2) is 42.1 Å². The molecule has 1 heterocycles. The zero-order valence-electron chi connectivity index (χ0n) is 24.6. The number of unbranched alkanes of at least 4 members (excludes halogenated alkanes) is 1. The van der Waals surface area contributed by atoms with E-state index in [1.54, 1.807) is 18.0 Å². The summed E-state index contributed by atoms with van der Waals surface area (Å²) >= 11 is 0. The van der Waals surface area contributed by atoms with Crippen molar-refractivity contribution in [2.24, 2.45) is 5.73 Å². The van der Waals surface area contributed by atoms with E-state index in [4.69, 9.17) is 15.5 Å². The number of rotatable bonds is 14. The summed E-state index contributed by atoms with van der Waals surface area (Å²) in [5.41, 5.74) is 13.3. The van der Waals surface area contributed by atoms with E-state index in [0.29, 0.717) is 36.2 Å². The number of aryl methyl sites for hydroxylation is 2. The molecule has 3 aromatic rings. The van der Waals surface area contributed by atoms with E-state index >= 15 is 0 Å². The first-order valence-corrected chi connectivity index (χ1v) is 14.0. The van der Waals surface area contributed by atoms with Crippen LogP contribution in [0.2, 0.25) is 0 Å². The molecule has 0 aliphatic heterocycles. The molecule has 0 saturated heterocycles. The summed E-state index contributed by atoms with van der Waals surface area (Å²) in [7, 11) is 3.29. The Bertz CT molecular complexity index is 1360. The third-order valence-corrected chi connectivity index (χ3v) is 7.12. The van der Waals surface area contributed by atoms with Crippen molar-refractivity contribution in [1.29, 1.82) is 0 Å². The van der Waals surface area contributed by atoms with Crippen molar-refractivity contribution in [2.75, 3.05) is 37.5 Å². The number of methoxy groups -OCH3 is 1. The average molecular weight is 547 g/mol. The number of nitrogens with one attached hydrogen (secondary N) is 1. The van der Waals surface area contributed by atoms with Gasteiger partial charge in [0.05, 0.1) is 23.4 Å². The number of allylic oxidation sites excluding steroid dienone is 1. The Kier molecular flexibility index (Phi) is 11.0. The number of nitro benzene ring substituents is 1. The summed E-state index contributed by atoms with van der Waals surface area (Å²) in [4.78, 5) is 22.8. The predicted octanol–water partition coefficient (Wildman–Crippen LogP) is 6.45. The van der Waals surface area contributed by atoms with Gasteiger partial charge in [-0.3, -0.25) is 10.1 Å². The van der Waals surface area contributed by atoms with E-state index in [2.05, 4.69) is 55.3 Å². The van der Waals surface area contributed by atoms with Crippen LogP contribution in [0.3, 0.4) is 0 Å². The fraction of sp³-hybridized carbons (Fsp3) is 0.419. The maximum atomic E-state index is 12.0. The molecule has 0 radical (unpaired) electrons. The van der Waals surface area contributed by atoms with Crippen LogP contribution in [0.5, 0.6) is 5.75 Å². The number of nitrogens with two attached hydrogens (primary N) is 1. The lowest BCUT2D eigenvalue weighted by molar-refractivity contribution is -0.384. The van der Waals surface area contributed by atoms with E-state index in [9.17, 15) is 10.1 Å². The minimum absolute atomic E-state index is 0.0599. The molecule has 40 heavy (non-hydrogen) atoms. The number of benzene rings is 2. The highest BCUT2D eigenvalue weighted by Crippen LogP contribution is 2.39. The topological polar surface area (TPSA) is 119 Å². The van der Waals surface area contributed by atoms with Crippen molar-refractivity contribution in [3.05, 3.63) is 80.7 Å². The van der Waals surface area contributed by atoms with Crippen LogP contribution in [0.4, 0.5) is 23.0 Å². The molecule has 0 aliphatic carbocycles. The van der Waals surface area contributed by atoms with Crippen LogP contribution >= 0.6 is 0 Å². The van der Waals surface area contributed by atoms with Crippen molar-refractivity contribution >= 4 is 28.6 Å². The van der Waals surface area contributed by atoms with Gasteiger partial charge in [-0.1, -0.05) is 51.5 Å². The molecule has 0 atom stereocenters. The molecule has 0 amide bonds. The Morgan fingerprint density at radius 1 is 1.20 bits per heavy atom. The van der Waals surface area contributed by atoms with Gasteiger partial charge in [0.25, 0.3) is 5.69 Å². The monoisotopic (exact) mass is 546 g/mol. The lowest BCUT2D eigenvalue weighted by Gasteiger charge is -2.21. The Morgan fingerprint density at radius 2 is 1.98 bits per heavy atom. The van der Waals surface area contributed by atoms with E-state index in [0.717, 1.165) is 48.9 Å². The first-order chi connectivity index (χ1) is 19.3. The maximum Gasteiger partial charge on any atom is 0.294 e. The number of hydrogen-bond acceptors (Lipinski definition) is 8. The summed E-state index contributed by atoms with van der Waals surface area (Å²) in [6.45, 7) is 9.36. The predicted molar refractivity (Wildman–Crippen MR) is 164 cm³/mol. The zero-order chi connectivity index (χ0) is 29.2. The van der Waals surface area contributed by atoms with Crippen molar-refractivity contribution in [3.63, 3.8) is 0 Å². The van der Waals surface area contributed by atoms with Gasteiger partial charge in [-0.15, -0.1) is 0 Å². The molecule has 3 rings (SSSR count). The second-order valence-corrected chi connectivity index (χ2v) is 9.66. The van der Waals surface area contributed by atoms with Gasteiger partial charge in [0.1, 0.15) is 11.4 Å². The quantitative estimate of drug-likeness (QED) is 0.175. The summed E-state index contributed by atoms with van der Waals surface area (Å²) in [6.07, 6.45) is 8.98. The summed E-state index contributed by atoms with van der Waals surface area (Å²) < 4.78 is 5.60. The molecule has 9 heteroatoms. The first-order valence-electron chi connectivity index (χ1n) is 14.0. The Labute approximate surface area is 237 Å². The number of anilines is 3. The number of aromatic nitrogens is 2. The van der Waals surface area contributed by atoms with Gasteiger partial charge in [-0.05, 0) is 54.9 Å². The summed E-state index contributed by atoms with van der Waals surface area (Å²) in [5, 5.41) is 15.1. The van der Waals surface area contributed by atoms with Gasteiger partial charge in [0.2, 0.25) is 5.95 Å². The third kappa shape index (κ3) is 6.77. The Morgan fingerprint density at radius 3 is 2.58 bits per heavy atom. The van der Waals surface area contributed by atoms with E-state index in [1.807, 2.05) is 13.1 Å². The highest BCUT2D eigenvalue weighted by atomic mass is 16.6. The number of hydrogen-bond donors (Lipinski definition) is 2. The van der Waals surface area contributed by atoms with Crippen LogP contribution in [0.1, 0.15) is 68.5 Å². The fourth-order valence-electron chi connectivity index (χ4n) is 5.00. The standard InChI is InChI=1S/C31H42N6O3/c1-7-11-13-22-14-12-15-25(23(22)9-3)24(10-4)30-21(8-2)20-33-31(35-30)34-26-18-28(37(38)39)27(19-29(26)40-6)36(5)17-16-32/h10,12,14-15,18-20H,7-9,11,13,16-17,32H2,1-6H3,(H,33,34,35)/b24-10+. The van der Waals surface area contributed by atoms with Crippen molar-refractivity contribution < 1.29 is 9.66 Å². The fourth-order valence-corrected chi connectivity index (χ4v) is 5.00. The van der Waals surface area contributed by atoms with Gasteiger partial charge >= 0.3 is 0 Å². The van der Waals surface area contributed by atoms with Crippen molar-refractivity contribution in [1.82, 2.24) is 9.97 Å². The number of likely N-dealkylation sites (N-methyl/N-ethyl adjacent to an activating group) is 1. The average Bonchev–Trinajstić information content (AvgIpc) is 2.96. The number of nitro groups is 1. The molecule has 0 spiro atoms. The normalized spacial score (nSPS) is 11.4. The SMILES string of the molecule is C/C=C(\c1cccc(CCCC)c1CC)c1nc(Nc2cc([N+](=O)[O-])c(N(C)CCN)cc2OC)ncc1CC. The molecule has 9 nitrogen and oxygen atoms in total. The first kappa shape index (κ1) is 30.6. The Balaban J connectivity index is 2.10. The molecule has 0 unspecified atom stereocenters. The highest BCUT2D eigenvalue weighted by Gasteiger charge is 2.23. The van der Waals surface area contributed by atoms with Crippen LogP contribution in [0.25, 0.3) is 5.57 Å². The van der Waals surface area contributed by atoms with Crippen molar-refractivity contribution in [2.45, 2.75) is 59.8 Å². The highest BCUT2D eigenvalue weighted by molar-refractivity contribution is 5.82. The molecule has 0 fully saturated rings. The lowest BCUT2D eigenvalue weighted by Crippen LogP contribution is -2.25. The minimum Gasteiger partial charge on any atom is -0.494 e. The molecular formula is C31H42N6O3. The number of nitrogens with zero attached hydrogens (tertiary/aromatic N) is 4. The summed E-state index contributed by atoms with van der Waals surface area (Å²) in [5.74, 6) is 0.778. The van der Waals surface area contributed by atoms with E-state index in [-0.39, 0.29) is 5.69 Å². The van der Waals surface area contributed by atoms with Crippen molar-refractivity contribution in [3.8, 4) is 5.75 Å². The molecule has 214 valence electrons. The molecule has 2 aromatic carbocycles. The van der Waals surface area contributed by atoms with E-state index < -0.39 is 4.92 Å². The smallest absolute Gasteiger partial charge is 0.294 e. The Hall–Kier alpha value is -3.98. The third-order valence-electron chi connectivity index (χ3n) is 7.12. The second-order valence-electron chi connectivity index (χ2n) is 9.66. The number of ether oxygens (including phenoxy) is 1. The lowest BCUT2D eigenvalue weighted by atomic mass is 9.88. The van der Waals surface area contributed by atoms with Gasteiger partial charge in [0.15, 0.2) is 0 Å². The molecule has 0 saturated carbocycles. The van der Waals surface area contributed by atoms with Crippen LogP contribution in [0, 0.1) is 10.1 Å². The molecular weight excluding hydrogens is 504 g/mol. The van der Waals surface area contributed by atoms with E-state index in [1.165, 1.54) is 29.9 Å². The molecule has 3 N–H and O–H groups in total. The van der Waals surface area contributed by atoms with Crippen LogP contribution in [-0.2, 0) is 19.3 Å². The van der Waals surface area contributed by atoms with Gasteiger partial charge < -0.3 is 20.7 Å². The molecule has 0 aliphatic rings. The van der Waals surface area contributed by atoms with Crippen LogP contribution < -0.4 is 20.7 Å². The summed E-state index contributed by atoms with van der Waals surface area (Å²) in [6, 6.07) is 9.63. The largest absolute Gasteiger partial charge is 0.494 e. The van der Waals surface area contributed by atoms with Gasteiger partial charge in [-0.2, -0.15) is 0 Å². The molecule has 1 aromatic heterocycles. The minimum atomic E-state index is -0.408. The van der Waals surface area contributed by atoms with Crippen LogP contribution in [0.15, 0.2) is 42.6 Å². The zero-order valence-corrected chi connectivity index (χ0v) is 24.6. The molecule has 0 bridgehead atoms. The second kappa shape index (κ2) is 14.4. The van der Waals surface area contributed by atoms with Gasteiger partial charge in [0, 0.05) is 44.0 Å². The van der Waals surface area contributed by atoms with Gasteiger partial charge in [-0.25, -0.2) is 9.97 Å². The maximum absolute atomic E-state index is 12.0.